The number of anilines is 1. The summed E-state index contributed by atoms with van der Waals surface area (Å²) in [5.41, 5.74) is 3.51. The van der Waals surface area contributed by atoms with Gasteiger partial charge in [0.05, 0.1) is 0 Å². The molecule has 6 nitrogen and oxygen atoms in total. The Morgan fingerprint density at radius 3 is 2.03 bits per heavy atom. The minimum Gasteiger partial charge on any atom is -0.451 e. The van der Waals surface area contributed by atoms with Crippen LogP contribution in [0.25, 0.3) is 0 Å². The van der Waals surface area contributed by atoms with Crippen molar-refractivity contribution in [3.05, 3.63) is 28.8 Å². The lowest BCUT2D eigenvalue weighted by molar-refractivity contribution is -0.155. The highest BCUT2D eigenvalue weighted by Crippen LogP contribution is 2.60. The number of nitrogens with one attached hydrogen (secondary N) is 2. The first-order valence-corrected chi connectivity index (χ1v) is 11.5. The normalized spacial score (nSPS) is 29.4. The maximum absolute atomic E-state index is 13.0. The lowest BCUT2D eigenvalue weighted by atomic mass is 9.49. The van der Waals surface area contributed by atoms with Crippen LogP contribution in [0.15, 0.2) is 12.1 Å². The van der Waals surface area contributed by atoms with Crippen LogP contribution in [0.2, 0.25) is 0 Å². The summed E-state index contributed by atoms with van der Waals surface area (Å²) in [5, 5.41) is 5.67. The number of carbonyl (C=O) groups is 3. The topological polar surface area (TPSA) is 84.5 Å². The molecule has 1 aromatic carbocycles. The monoisotopic (exact) mass is 426 g/mol. The van der Waals surface area contributed by atoms with Crippen molar-refractivity contribution in [2.45, 2.75) is 72.3 Å². The summed E-state index contributed by atoms with van der Waals surface area (Å²) in [6.07, 6.45) is 5.71. The molecular formula is C25H34N2O4. The van der Waals surface area contributed by atoms with Crippen molar-refractivity contribution >= 4 is 23.5 Å². The van der Waals surface area contributed by atoms with E-state index >= 15 is 0 Å². The second-order valence-electron chi connectivity index (χ2n) is 10.3. The van der Waals surface area contributed by atoms with Crippen LogP contribution in [0.3, 0.4) is 0 Å². The van der Waals surface area contributed by atoms with Crippen molar-refractivity contribution < 1.29 is 19.1 Å². The third kappa shape index (κ3) is 4.48. The van der Waals surface area contributed by atoms with Crippen LogP contribution >= 0.6 is 0 Å². The molecule has 168 valence electrons. The van der Waals surface area contributed by atoms with Gasteiger partial charge in [0.1, 0.15) is 6.54 Å². The quantitative estimate of drug-likeness (QED) is 0.678. The van der Waals surface area contributed by atoms with E-state index in [4.69, 9.17) is 4.74 Å². The third-order valence-corrected chi connectivity index (χ3v) is 7.52. The number of hydrogen-bond acceptors (Lipinski definition) is 4. The van der Waals surface area contributed by atoms with E-state index in [0.29, 0.717) is 17.8 Å². The van der Waals surface area contributed by atoms with E-state index in [0.717, 1.165) is 41.6 Å². The van der Waals surface area contributed by atoms with Gasteiger partial charge >= 0.3 is 5.97 Å². The van der Waals surface area contributed by atoms with Crippen molar-refractivity contribution in [3.8, 4) is 0 Å². The molecule has 6 heteroatoms. The van der Waals surface area contributed by atoms with Gasteiger partial charge in [-0.2, -0.15) is 0 Å². The molecule has 1 atom stereocenters. The summed E-state index contributed by atoms with van der Waals surface area (Å²) in [4.78, 5) is 37.8. The van der Waals surface area contributed by atoms with Gasteiger partial charge in [-0.1, -0.05) is 17.7 Å². The minimum absolute atomic E-state index is 0.00782. The fourth-order valence-electron chi connectivity index (χ4n) is 6.62. The van der Waals surface area contributed by atoms with Crippen LogP contribution in [0.5, 0.6) is 0 Å². The van der Waals surface area contributed by atoms with Crippen molar-refractivity contribution in [1.82, 2.24) is 5.32 Å². The molecule has 0 saturated heterocycles. The number of hydrogen-bond donors (Lipinski definition) is 2. The van der Waals surface area contributed by atoms with Crippen LogP contribution in [0, 0.1) is 43.9 Å². The summed E-state index contributed by atoms with van der Waals surface area (Å²) < 4.78 is 5.29. The van der Waals surface area contributed by atoms with Crippen LogP contribution in [-0.4, -0.2) is 30.4 Å². The van der Waals surface area contributed by atoms with Gasteiger partial charge < -0.3 is 15.4 Å². The predicted octanol–water partition coefficient (Wildman–Crippen LogP) is 3.81. The van der Waals surface area contributed by atoms with Crippen molar-refractivity contribution in [3.63, 3.8) is 0 Å². The highest BCUT2D eigenvalue weighted by molar-refractivity contribution is 5.96. The molecule has 0 heterocycles. The Morgan fingerprint density at radius 2 is 1.52 bits per heavy atom. The standard InChI is InChI=1S/C25H34N2O4/c1-14-5-15(2)22(16(3)6-14)27-23(29)17(4)31-21(28)13-26-24(30)25-10-18-7-19(11-25)9-20(8-18)12-25/h5-6,17-20H,7-13H2,1-4H3,(H,26,30)(H,27,29)/t17-,18?,19?,20?,25?/m1/s1. The smallest absolute Gasteiger partial charge is 0.326 e. The number of carbonyl (C=O) groups excluding carboxylic acids is 3. The van der Waals surface area contributed by atoms with Gasteiger partial charge in [-0.3, -0.25) is 14.4 Å². The van der Waals surface area contributed by atoms with Crippen molar-refractivity contribution in [2.75, 3.05) is 11.9 Å². The van der Waals surface area contributed by atoms with Gasteiger partial charge in [0.15, 0.2) is 6.10 Å². The van der Waals surface area contributed by atoms with Crippen LogP contribution < -0.4 is 10.6 Å². The second kappa shape index (κ2) is 8.29. The Kier molecular flexibility index (Phi) is 5.84. The van der Waals surface area contributed by atoms with Crippen molar-refractivity contribution in [1.29, 1.82) is 0 Å². The number of aryl methyl sites for hydroxylation is 3. The summed E-state index contributed by atoms with van der Waals surface area (Å²) in [7, 11) is 0. The SMILES string of the molecule is Cc1cc(C)c(NC(=O)[C@@H](C)OC(=O)CNC(=O)C23CC4CC(CC(C4)C2)C3)c(C)c1. The first-order chi connectivity index (χ1) is 14.6. The molecule has 31 heavy (non-hydrogen) atoms. The molecule has 1 aromatic rings. The Balaban J connectivity index is 1.28. The number of esters is 1. The van der Waals surface area contributed by atoms with E-state index in [1.54, 1.807) is 6.92 Å². The average Bonchev–Trinajstić information content (AvgIpc) is 2.67. The average molecular weight is 427 g/mol. The summed E-state index contributed by atoms with van der Waals surface area (Å²) in [6, 6.07) is 4.00. The van der Waals surface area contributed by atoms with Gasteiger partial charge in [-0.25, -0.2) is 0 Å². The molecule has 4 aliphatic carbocycles. The molecule has 0 radical (unpaired) electrons. The number of rotatable bonds is 6. The Morgan fingerprint density at radius 1 is 1.00 bits per heavy atom. The van der Waals surface area contributed by atoms with E-state index in [9.17, 15) is 14.4 Å². The molecule has 0 spiro atoms. The molecule has 4 fully saturated rings. The number of amides is 2. The molecule has 0 aliphatic heterocycles. The lowest BCUT2D eigenvalue weighted by Crippen LogP contribution is -2.54. The molecule has 4 aliphatic rings. The zero-order chi connectivity index (χ0) is 22.3. The molecule has 2 N–H and O–H groups in total. The first-order valence-electron chi connectivity index (χ1n) is 11.5. The largest absolute Gasteiger partial charge is 0.451 e. The minimum atomic E-state index is -0.941. The fraction of sp³-hybridized carbons (Fsp3) is 0.640. The van der Waals surface area contributed by atoms with Gasteiger partial charge in [-0.15, -0.1) is 0 Å². The van der Waals surface area contributed by atoms with Crippen LogP contribution in [0.1, 0.15) is 62.1 Å². The maximum atomic E-state index is 13.0. The summed E-state index contributed by atoms with van der Waals surface area (Å²) in [5.74, 6) is 1.03. The number of benzene rings is 1. The Hall–Kier alpha value is -2.37. The van der Waals surface area contributed by atoms with Gasteiger partial charge in [0.2, 0.25) is 5.91 Å². The van der Waals surface area contributed by atoms with E-state index in [-0.39, 0.29) is 23.8 Å². The van der Waals surface area contributed by atoms with E-state index < -0.39 is 12.1 Å². The highest BCUT2D eigenvalue weighted by atomic mass is 16.5. The molecule has 0 unspecified atom stereocenters. The third-order valence-electron chi connectivity index (χ3n) is 7.52. The molecule has 2 amide bonds. The van der Waals surface area contributed by atoms with Crippen molar-refractivity contribution in [2.24, 2.45) is 23.2 Å². The van der Waals surface area contributed by atoms with E-state index in [2.05, 4.69) is 10.6 Å². The molecular weight excluding hydrogens is 392 g/mol. The second-order valence-corrected chi connectivity index (χ2v) is 10.3. The van der Waals surface area contributed by atoms with E-state index in [1.807, 2.05) is 32.9 Å². The maximum Gasteiger partial charge on any atom is 0.326 e. The zero-order valence-corrected chi connectivity index (χ0v) is 19.0. The predicted molar refractivity (Wildman–Crippen MR) is 118 cm³/mol. The van der Waals surface area contributed by atoms with Gasteiger partial charge in [0, 0.05) is 11.1 Å². The molecule has 4 bridgehead atoms. The first kappa shape index (κ1) is 21.8. The lowest BCUT2D eigenvalue weighted by Gasteiger charge is -2.55. The highest BCUT2D eigenvalue weighted by Gasteiger charge is 2.54. The number of ether oxygens (including phenoxy) is 1. The summed E-state index contributed by atoms with van der Waals surface area (Å²) >= 11 is 0. The fourth-order valence-corrected chi connectivity index (χ4v) is 6.62. The van der Waals surface area contributed by atoms with Crippen LogP contribution in [0.4, 0.5) is 5.69 Å². The zero-order valence-electron chi connectivity index (χ0n) is 19.0. The van der Waals surface area contributed by atoms with Crippen LogP contribution in [-0.2, 0) is 19.1 Å². The van der Waals surface area contributed by atoms with Gasteiger partial charge in [0.25, 0.3) is 5.91 Å². The Bertz CT molecular complexity index is 848. The molecule has 0 aromatic heterocycles. The Labute approximate surface area is 184 Å². The summed E-state index contributed by atoms with van der Waals surface area (Å²) in [6.45, 7) is 7.24. The van der Waals surface area contributed by atoms with Gasteiger partial charge in [-0.05, 0) is 95.1 Å². The molecule has 5 rings (SSSR count). The van der Waals surface area contributed by atoms with E-state index in [1.165, 1.54) is 19.3 Å². The molecule has 4 saturated carbocycles.